The predicted octanol–water partition coefficient (Wildman–Crippen LogP) is 6.56. The van der Waals surface area contributed by atoms with Crippen LogP contribution in [0.5, 0.6) is 5.75 Å². The second kappa shape index (κ2) is 12.3. The van der Waals surface area contributed by atoms with Gasteiger partial charge in [-0.1, -0.05) is 33.8 Å². The van der Waals surface area contributed by atoms with Crippen molar-refractivity contribution in [3.63, 3.8) is 0 Å². The smallest absolute Gasteiger partial charge is 0.251 e. The molecule has 6 nitrogen and oxygen atoms in total. The molecule has 0 spiro atoms. The molecule has 180 valence electrons. The van der Waals surface area contributed by atoms with E-state index < -0.39 is 0 Å². The molecule has 34 heavy (non-hydrogen) atoms. The molecule has 0 bridgehead atoms. The van der Waals surface area contributed by atoms with Crippen LogP contribution in [0.4, 0.5) is 0 Å². The third-order valence-electron chi connectivity index (χ3n) is 5.19. The summed E-state index contributed by atoms with van der Waals surface area (Å²) in [6.45, 7) is 10.6. The fourth-order valence-corrected chi connectivity index (χ4v) is 4.33. The first-order valence-electron chi connectivity index (χ1n) is 12.1. The third kappa shape index (κ3) is 6.44. The van der Waals surface area contributed by atoms with Gasteiger partial charge in [-0.15, -0.1) is 11.3 Å². The van der Waals surface area contributed by atoms with Crippen LogP contribution in [0, 0.1) is 6.92 Å². The van der Waals surface area contributed by atoms with Crippen LogP contribution in [0.3, 0.4) is 0 Å². The maximum atomic E-state index is 12.0. The summed E-state index contributed by atoms with van der Waals surface area (Å²) in [5, 5.41) is 11.1. The number of carbonyl (C=O) groups is 1. The Morgan fingerprint density at radius 3 is 2.50 bits per heavy atom. The SMILES string of the molecule is CC.CC.Cc1[nH]ncc1-c1ccc2nc(CCOc3ccc(C(=O)NC4CC4)cc3)sc2c1. The number of fused-ring (bicyclic) bond motifs is 1. The molecule has 7 heteroatoms. The molecule has 2 heterocycles. The monoisotopic (exact) mass is 478 g/mol. The van der Waals surface area contributed by atoms with Gasteiger partial charge in [-0.2, -0.15) is 5.10 Å². The van der Waals surface area contributed by atoms with Crippen molar-refractivity contribution < 1.29 is 9.53 Å². The predicted molar refractivity (Wildman–Crippen MR) is 141 cm³/mol. The Labute approximate surface area is 205 Å². The number of nitrogens with zero attached hydrogens (tertiary/aromatic N) is 2. The van der Waals surface area contributed by atoms with Crippen molar-refractivity contribution in [2.75, 3.05) is 6.61 Å². The lowest BCUT2D eigenvalue weighted by molar-refractivity contribution is 0.0951. The van der Waals surface area contributed by atoms with Crippen molar-refractivity contribution in [1.82, 2.24) is 20.5 Å². The number of amides is 1. The van der Waals surface area contributed by atoms with Crippen molar-refractivity contribution in [3.05, 3.63) is 64.9 Å². The Kier molecular flexibility index (Phi) is 9.22. The van der Waals surface area contributed by atoms with Crippen molar-refractivity contribution in [2.24, 2.45) is 0 Å². The van der Waals surface area contributed by atoms with Crippen LogP contribution in [-0.2, 0) is 6.42 Å². The molecule has 1 saturated carbocycles. The van der Waals surface area contributed by atoms with Gasteiger partial charge in [-0.05, 0) is 61.7 Å². The molecule has 4 aromatic rings. The van der Waals surface area contributed by atoms with Crippen LogP contribution in [0.2, 0.25) is 0 Å². The third-order valence-corrected chi connectivity index (χ3v) is 6.27. The number of nitrogens with one attached hydrogen (secondary N) is 2. The summed E-state index contributed by atoms with van der Waals surface area (Å²) in [7, 11) is 0. The van der Waals surface area contributed by atoms with Crippen molar-refractivity contribution >= 4 is 27.5 Å². The van der Waals surface area contributed by atoms with Gasteiger partial charge in [0.1, 0.15) is 5.75 Å². The molecular formula is C27H34N4O2S. The molecule has 5 rings (SSSR count). The molecule has 0 saturated heterocycles. The number of benzene rings is 2. The molecule has 1 aliphatic rings. The van der Waals surface area contributed by atoms with Gasteiger partial charge in [-0.25, -0.2) is 4.98 Å². The van der Waals surface area contributed by atoms with Gasteiger partial charge in [0.15, 0.2) is 0 Å². The van der Waals surface area contributed by atoms with Crippen LogP contribution >= 0.6 is 11.3 Å². The van der Waals surface area contributed by atoms with Crippen LogP contribution in [0.25, 0.3) is 21.3 Å². The fourth-order valence-electron chi connectivity index (χ4n) is 3.34. The van der Waals surface area contributed by atoms with Gasteiger partial charge < -0.3 is 10.1 Å². The summed E-state index contributed by atoms with van der Waals surface area (Å²) in [6.07, 6.45) is 4.77. The lowest BCUT2D eigenvalue weighted by Gasteiger charge is -2.07. The average Bonchev–Trinajstić information content (AvgIpc) is 3.43. The number of ether oxygens (including phenoxy) is 1. The highest BCUT2D eigenvalue weighted by Crippen LogP contribution is 2.29. The van der Waals surface area contributed by atoms with Crippen LogP contribution in [0.1, 0.15) is 61.6 Å². The second-order valence-electron chi connectivity index (χ2n) is 7.57. The quantitative estimate of drug-likeness (QED) is 0.315. The second-order valence-corrected chi connectivity index (χ2v) is 8.68. The first-order valence-corrected chi connectivity index (χ1v) is 12.9. The highest BCUT2D eigenvalue weighted by atomic mass is 32.1. The number of rotatable bonds is 7. The number of aryl methyl sites for hydroxylation is 1. The topological polar surface area (TPSA) is 79.9 Å². The summed E-state index contributed by atoms with van der Waals surface area (Å²) < 4.78 is 7.02. The van der Waals surface area contributed by atoms with E-state index in [0.717, 1.165) is 57.1 Å². The van der Waals surface area contributed by atoms with Gasteiger partial charge in [0, 0.05) is 29.3 Å². The van der Waals surface area contributed by atoms with E-state index in [1.807, 2.05) is 65.1 Å². The first kappa shape index (κ1) is 25.4. The highest BCUT2D eigenvalue weighted by molar-refractivity contribution is 7.18. The molecule has 2 N–H and O–H groups in total. The molecule has 2 aromatic heterocycles. The molecular weight excluding hydrogens is 444 g/mol. The Morgan fingerprint density at radius 2 is 1.85 bits per heavy atom. The van der Waals surface area contributed by atoms with Gasteiger partial charge in [0.05, 0.1) is 28.0 Å². The molecule has 1 amide bonds. The summed E-state index contributed by atoms with van der Waals surface area (Å²) in [5.74, 6) is 0.750. The Bertz CT molecular complexity index is 1190. The maximum absolute atomic E-state index is 12.0. The Balaban J connectivity index is 0.000000771. The van der Waals surface area contributed by atoms with E-state index in [4.69, 9.17) is 9.72 Å². The summed E-state index contributed by atoms with van der Waals surface area (Å²) in [4.78, 5) is 16.8. The lowest BCUT2D eigenvalue weighted by Crippen LogP contribution is -2.25. The first-order chi connectivity index (χ1) is 16.7. The number of thiazole rings is 1. The molecule has 0 unspecified atom stereocenters. The highest BCUT2D eigenvalue weighted by Gasteiger charge is 2.23. The van der Waals surface area contributed by atoms with E-state index in [2.05, 4.69) is 33.7 Å². The number of carbonyl (C=O) groups excluding carboxylic acids is 1. The zero-order valence-corrected chi connectivity index (χ0v) is 21.5. The van der Waals surface area contributed by atoms with Gasteiger partial charge >= 0.3 is 0 Å². The number of H-pyrrole nitrogens is 1. The Morgan fingerprint density at radius 1 is 1.12 bits per heavy atom. The summed E-state index contributed by atoms with van der Waals surface area (Å²) >= 11 is 1.69. The zero-order chi connectivity index (χ0) is 24.5. The largest absolute Gasteiger partial charge is 0.493 e. The van der Waals surface area contributed by atoms with Crippen molar-refractivity contribution in [3.8, 4) is 16.9 Å². The fraction of sp³-hybridized carbons (Fsp3) is 0.370. The number of aromatic amines is 1. The van der Waals surface area contributed by atoms with Crippen LogP contribution < -0.4 is 10.1 Å². The molecule has 0 aliphatic heterocycles. The average molecular weight is 479 g/mol. The number of aromatic nitrogens is 3. The van der Waals surface area contributed by atoms with E-state index in [0.29, 0.717) is 18.2 Å². The number of hydrogen-bond acceptors (Lipinski definition) is 5. The van der Waals surface area contributed by atoms with Crippen molar-refractivity contribution in [1.29, 1.82) is 0 Å². The maximum Gasteiger partial charge on any atom is 0.251 e. The van der Waals surface area contributed by atoms with E-state index >= 15 is 0 Å². The van der Waals surface area contributed by atoms with E-state index in [1.165, 1.54) is 0 Å². The molecule has 0 atom stereocenters. The van der Waals surface area contributed by atoms with Gasteiger partial charge in [0.2, 0.25) is 0 Å². The minimum absolute atomic E-state index is 0.0106. The lowest BCUT2D eigenvalue weighted by atomic mass is 10.1. The van der Waals surface area contributed by atoms with Crippen LogP contribution in [-0.4, -0.2) is 33.7 Å². The van der Waals surface area contributed by atoms with E-state index in [1.54, 1.807) is 11.3 Å². The van der Waals surface area contributed by atoms with Gasteiger partial charge in [-0.3, -0.25) is 9.89 Å². The molecule has 1 aliphatic carbocycles. The zero-order valence-electron chi connectivity index (χ0n) is 20.6. The standard InChI is InChI=1S/C23H22N4O2S.2C2H6/c1-14-19(13-24-27-14)16-4-9-20-21(12-16)30-22(26-20)10-11-29-18-7-2-15(3-8-18)23(28)25-17-5-6-17;2*1-2/h2-4,7-9,12-13,17H,5-6,10-11H2,1H3,(H,24,27)(H,25,28);2*1-2H3. The number of hydrogen-bond donors (Lipinski definition) is 2. The van der Waals surface area contributed by atoms with Gasteiger partial charge in [0.25, 0.3) is 5.91 Å². The van der Waals surface area contributed by atoms with E-state index in [-0.39, 0.29) is 5.91 Å². The molecule has 0 radical (unpaired) electrons. The Hall–Kier alpha value is -3.19. The minimum Gasteiger partial charge on any atom is -0.493 e. The summed E-state index contributed by atoms with van der Waals surface area (Å²) in [6, 6.07) is 14.0. The molecule has 2 aromatic carbocycles. The summed E-state index contributed by atoms with van der Waals surface area (Å²) in [5.41, 5.74) is 4.99. The van der Waals surface area contributed by atoms with Crippen LogP contribution in [0.15, 0.2) is 48.7 Å². The molecule has 1 fully saturated rings. The van der Waals surface area contributed by atoms with Crippen molar-refractivity contribution in [2.45, 2.75) is 59.9 Å². The van der Waals surface area contributed by atoms with E-state index in [9.17, 15) is 4.79 Å². The normalized spacial score (nSPS) is 12.3. The minimum atomic E-state index is -0.0106.